The number of hydrogen-bond acceptors (Lipinski definition) is 5. The number of amides is 1. The van der Waals surface area contributed by atoms with Gasteiger partial charge in [-0.1, -0.05) is 29.4 Å². The topological polar surface area (TPSA) is 108 Å². The standard InChI is InChI=1S/C9H11N3O3/c10-5-6-1-3-7(4-2-6)8(11-14)9(13)12-15/h1-4,14-15H,5,10H2,(H,12,13). The number of nitrogens with one attached hydrogen (secondary N) is 1. The van der Waals surface area contributed by atoms with E-state index < -0.39 is 5.91 Å². The van der Waals surface area contributed by atoms with E-state index in [0.717, 1.165) is 5.56 Å². The molecule has 0 saturated carbocycles. The molecule has 6 nitrogen and oxygen atoms in total. The number of carbonyl (C=O) groups is 1. The Morgan fingerprint density at radius 1 is 1.40 bits per heavy atom. The van der Waals surface area contributed by atoms with Gasteiger partial charge in [-0.05, 0) is 5.56 Å². The Kier molecular flexibility index (Phi) is 3.78. The second-order valence-electron chi connectivity index (χ2n) is 2.79. The highest BCUT2D eigenvalue weighted by Gasteiger charge is 2.13. The zero-order valence-electron chi connectivity index (χ0n) is 7.84. The van der Waals surface area contributed by atoms with Crippen molar-refractivity contribution in [1.29, 1.82) is 0 Å². The van der Waals surface area contributed by atoms with Gasteiger partial charge in [0, 0.05) is 12.1 Å². The third-order valence-electron chi connectivity index (χ3n) is 1.88. The normalized spacial score (nSPS) is 11.2. The minimum atomic E-state index is -0.877. The Bertz CT molecular complexity index is 373. The predicted octanol–water partition coefficient (Wildman–Crippen LogP) is -0.171. The van der Waals surface area contributed by atoms with Crippen molar-refractivity contribution >= 4 is 11.6 Å². The number of nitrogens with two attached hydrogens (primary N) is 1. The first kappa shape index (κ1) is 11.2. The molecule has 0 atom stereocenters. The molecule has 80 valence electrons. The Hall–Kier alpha value is -1.92. The van der Waals surface area contributed by atoms with Crippen LogP contribution in [0, 0.1) is 0 Å². The quantitative estimate of drug-likeness (QED) is 0.240. The first-order valence-corrected chi connectivity index (χ1v) is 4.18. The van der Waals surface area contributed by atoms with Crippen LogP contribution in [0.25, 0.3) is 0 Å². The summed E-state index contributed by atoms with van der Waals surface area (Å²) >= 11 is 0. The molecule has 0 aromatic heterocycles. The van der Waals surface area contributed by atoms with Gasteiger partial charge in [-0.25, -0.2) is 5.48 Å². The monoisotopic (exact) mass is 209 g/mol. The van der Waals surface area contributed by atoms with Crippen LogP contribution in [0.2, 0.25) is 0 Å². The van der Waals surface area contributed by atoms with Gasteiger partial charge in [-0.3, -0.25) is 10.0 Å². The van der Waals surface area contributed by atoms with Gasteiger partial charge in [0.05, 0.1) is 0 Å². The molecule has 6 heteroatoms. The van der Waals surface area contributed by atoms with E-state index >= 15 is 0 Å². The van der Waals surface area contributed by atoms with Gasteiger partial charge in [0.1, 0.15) is 0 Å². The third-order valence-corrected chi connectivity index (χ3v) is 1.88. The fourth-order valence-electron chi connectivity index (χ4n) is 1.09. The second kappa shape index (κ2) is 5.08. The fourth-order valence-corrected chi connectivity index (χ4v) is 1.09. The van der Waals surface area contributed by atoms with E-state index in [1.807, 2.05) is 0 Å². The lowest BCUT2D eigenvalue weighted by atomic mass is 10.1. The van der Waals surface area contributed by atoms with E-state index in [2.05, 4.69) is 5.16 Å². The van der Waals surface area contributed by atoms with Crippen LogP contribution in [0.3, 0.4) is 0 Å². The van der Waals surface area contributed by atoms with Crippen LogP contribution in [-0.2, 0) is 11.3 Å². The first-order valence-electron chi connectivity index (χ1n) is 4.18. The van der Waals surface area contributed by atoms with Gasteiger partial charge in [0.15, 0.2) is 5.71 Å². The van der Waals surface area contributed by atoms with Crippen LogP contribution >= 0.6 is 0 Å². The predicted molar refractivity (Wildman–Crippen MR) is 52.6 cm³/mol. The maximum Gasteiger partial charge on any atom is 0.297 e. The van der Waals surface area contributed by atoms with Crippen molar-refractivity contribution in [3.05, 3.63) is 35.4 Å². The van der Waals surface area contributed by atoms with E-state index in [1.165, 1.54) is 5.48 Å². The van der Waals surface area contributed by atoms with Crippen molar-refractivity contribution in [2.45, 2.75) is 6.54 Å². The van der Waals surface area contributed by atoms with E-state index in [0.29, 0.717) is 12.1 Å². The largest absolute Gasteiger partial charge is 0.410 e. The molecule has 0 radical (unpaired) electrons. The van der Waals surface area contributed by atoms with Gasteiger partial charge in [-0.15, -0.1) is 0 Å². The molecule has 5 N–H and O–H groups in total. The molecule has 0 heterocycles. The summed E-state index contributed by atoms with van der Waals surface area (Å²) in [5.41, 5.74) is 7.80. The van der Waals surface area contributed by atoms with Crippen molar-refractivity contribution in [2.75, 3.05) is 0 Å². The Labute approximate surface area is 86.0 Å². The molecule has 0 bridgehead atoms. The summed E-state index contributed by atoms with van der Waals surface area (Å²) in [4.78, 5) is 11.0. The minimum Gasteiger partial charge on any atom is -0.410 e. The van der Waals surface area contributed by atoms with E-state index in [4.69, 9.17) is 16.1 Å². The lowest BCUT2D eigenvalue weighted by Gasteiger charge is -2.03. The highest BCUT2D eigenvalue weighted by molar-refractivity contribution is 6.44. The van der Waals surface area contributed by atoms with Crippen LogP contribution < -0.4 is 11.2 Å². The molecule has 0 fully saturated rings. The zero-order chi connectivity index (χ0) is 11.3. The van der Waals surface area contributed by atoms with Gasteiger partial charge >= 0.3 is 0 Å². The number of rotatable bonds is 3. The van der Waals surface area contributed by atoms with Gasteiger partial charge in [0.2, 0.25) is 0 Å². The molecule has 1 rings (SSSR count). The van der Waals surface area contributed by atoms with E-state index in [-0.39, 0.29) is 5.71 Å². The molecule has 0 unspecified atom stereocenters. The smallest absolute Gasteiger partial charge is 0.297 e. The number of hydrogen-bond donors (Lipinski definition) is 4. The molecule has 1 aromatic rings. The Morgan fingerprint density at radius 2 is 2.00 bits per heavy atom. The molecule has 0 aliphatic rings. The summed E-state index contributed by atoms with van der Waals surface area (Å²) in [6, 6.07) is 6.55. The summed E-state index contributed by atoms with van der Waals surface area (Å²) in [6.45, 7) is 0.387. The summed E-state index contributed by atoms with van der Waals surface area (Å²) in [7, 11) is 0. The summed E-state index contributed by atoms with van der Waals surface area (Å²) in [5, 5.41) is 19.8. The fraction of sp³-hybridized carbons (Fsp3) is 0.111. The molecule has 1 amide bonds. The molecule has 0 spiro atoms. The SMILES string of the molecule is NCc1ccc(C(=NO)C(=O)NO)cc1. The van der Waals surface area contributed by atoms with Crippen molar-refractivity contribution in [3.63, 3.8) is 0 Å². The maximum atomic E-state index is 11.0. The highest BCUT2D eigenvalue weighted by Crippen LogP contribution is 2.05. The lowest BCUT2D eigenvalue weighted by molar-refractivity contribution is -0.122. The number of benzene rings is 1. The third kappa shape index (κ3) is 2.52. The minimum absolute atomic E-state index is 0.263. The second-order valence-corrected chi connectivity index (χ2v) is 2.79. The molecular weight excluding hydrogens is 198 g/mol. The van der Waals surface area contributed by atoms with Crippen molar-refractivity contribution < 1.29 is 15.2 Å². The van der Waals surface area contributed by atoms with Crippen LogP contribution in [0.5, 0.6) is 0 Å². The molecule has 0 aliphatic heterocycles. The van der Waals surface area contributed by atoms with E-state index in [1.54, 1.807) is 24.3 Å². The van der Waals surface area contributed by atoms with Crippen molar-refractivity contribution in [3.8, 4) is 0 Å². The highest BCUT2D eigenvalue weighted by atomic mass is 16.5. The van der Waals surface area contributed by atoms with Crippen LogP contribution in [0.4, 0.5) is 0 Å². The molecule has 1 aromatic carbocycles. The average molecular weight is 209 g/mol. The zero-order valence-corrected chi connectivity index (χ0v) is 7.84. The van der Waals surface area contributed by atoms with E-state index in [9.17, 15) is 4.79 Å². The number of oxime groups is 1. The summed E-state index contributed by atoms with van der Waals surface area (Å²) in [5.74, 6) is -0.877. The summed E-state index contributed by atoms with van der Waals surface area (Å²) < 4.78 is 0. The molecule has 0 saturated heterocycles. The molecule has 15 heavy (non-hydrogen) atoms. The number of nitrogens with zero attached hydrogens (tertiary/aromatic N) is 1. The molecule has 0 aliphatic carbocycles. The first-order chi connectivity index (χ1) is 7.22. The van der Waals surface area contributed by atoms with Crippen molar-refractivity contribution in [2.24, 2.45) is 10.9 Å². The Morgan fingerprint density at radius 3 is 2.40 bits per heavy atom. The van der Waals surface area contributed by atoms with Crippen LogP contribution in [0.15, 0.2) is 29.4 Å². The van der Waals surface area contributed by atoms with Crippen LogP contribution in [-0.4, -0.2) is 22.0 Å². The number of carbonyl (C=O) groups excluding carboxylic acids is 1. The van der Waals surface area contributed by atoms with Gasteiger partial charge in [-0.2, -0.15) is 0 Å². The lowest BCUT2D eigenvalue weighted by Crippen LogP contribution is -2.28. The molecular formula is C9H11N3O3. The van der Waals surface area contributed by atoms with Gasteiger partial charge in [0.25, 0.3) is 5.91 Å². The Balaban J connectivity index is 2.99. The van der Waals surface area contributed by atoms with Crippen LogP contribution in [0.1, 0.15) is 11.1 Å². The van der Waals surface area contributed by atoms with Gasteiger partial charge < -0.3 is 10.9 Å². The van der Waals surface area contributed by atoms with Crippen molar-refractivity contribution in [1.82, 2.24) is 5.48 Å². The number of hydroxylamine groups is 1. The maximum absolute atomic E-state index is 11.0. The average Bonchev–Trinajstić information content (AvgIpc) is 2.30. The summed E-state index contributed by atoms with van der Waals surface area (Å²) in [6.07, 6.45) is 0.